The largest absolute Gasteiger partial charge is 0.453 e. The summed E-state index contributed by atoms with van der Waals surface area (Å²) in [5.74, 6) is 0. The molecule has 2 heteroatoms. The van der Waals surface area contributed by atoms with E-state index >= 15 is 0 Å². The van der Waals surface area contributed by atoms with Crippen LogP contribution in [-0.4, -0.2) is 0 Å². The maximum Gasteiger partial charge on any atom is 0.159 e. The Morgan fingerprint density at radius 3 is 1.54 bits per heavy atom. The minimum absolute atomic E-state index is 0.455. The second-order valence-corrected chi connectivity index (χ2v) is 15.9. The molecule has 0 aliphatic heterocycles. The minimum atomic E-state index is -0.455. The number of anilines is 3. The van der Waals surface area contributed by atoms with E-state index in [2.05, 4.69) is 217 Å². The van der Waals surface area contributed by atoms with Crippen molar-refractivity contribution in [3.05, 3.63) is 235 Å². The van der Waals surface area contributed by atoms with Gasteiger partial charge in [0, 0.05) is 27.5 Å². The molecule has 1 aromatic heterocycles. The highest BCUT2D eigenvalue weighted by Gasteiger charge is 2.51. The summed E-state index contributed by atoms with van der Waals surface area (Å²) in [7, 11) is 0. The van der Waals surface area contributed by atoms with Gasteiger partial charge >= 0.3 is 0 Å². The lowest BCUT2D eigenvalue weighted by Gasteiger charge is -2.32. The van der Waals surface area contributed by atoms with Crippen LogP contribution in [0.5, 0.6) is 0 Å². The van der Waals surface area contributed by atoms with Crippen molar-refractivity contribution in [2.75, 3.05) is 4.90 Å². The van der Waals surface area contributed by atoms with E-state index < -0.39 is 5.41 Å². The molecule has 2 aliphatic carbocycles. The first-order valence-electron chi connectivity index (χ1n) is 20.4. The zero-order valence-corrected chi connectivity index (χ0v) is 32.1. The molecule has 1 spiro atoms. The Morgan fingerprint density at radius 1 is 0.322 bits per heavy atom. The molecule has 0 saturated carbocycles. The molecule has 0 bridgehead atoms. The Balaban J connectivity index is 1.08. The third-order valence-electron chi connectivity index (χ3n) is 13.1. The molecule has 11 aromatic rings. The van der Waals surface area contributed by atoms with E-state index in [4.69, 9.17) is 4.42 Å². The lowest BCUT2D eigenvalue weighted by molar-refractivity contribution is 0.673. The van der Waals surface area contributed by atoms with Gasteiger partial charge in [0.15, 0.2) is 5.58 Å². The van der Waals surface area contributed by atoms with Crippen molar-refractivity contribution in [1.29, 1.82) is 0 Å². The normalized spacial score (nSPS) is 13.2. The number of rotatable bonds is 4. The topological polar surface area (TPSA) is 16.4 Å². The highest BCUT2D eigenvalue weighted by atomic mass is 16.3. The zero-order valence-electron chi connectivity index (χ0n) is 32.1. The number of furan rings is 1. The molecule has 2 nitrogen and oxygen atoms in total. The Hall–Kier alpha value is -7.68. The van der Waals surface area contributed by atoms with Crippen molar-refractivity contribution in [3.63, 3.8) is 0 Å². The van der Waals surface area contributed by atoms with E-state index in [1.54, 1.807) is 0 Å². The van der Waals surface area contributed by atoms with E-state index in [1.165, 1.54) is 71.8 Å². The average Bonchev–Trinajstić information content (AvgIpc) is 3.94. The van der Waals surface area contributed by atoms with Crippen LogP contribution in [0.2, 0.25) is 0 Å². The summed E-state index contributed by atoms with van der Waals surface area (Å²) in [5, 5.41) is 7.00. The van der Waals surface area contributed by atoms with Gasteiger partial charge in [-0.05, 0) is 108 Å². The Kier molecular flexibility index (Phi) is 6.68. The number of hydrogen-bond acceptors (Lipinski definition) is 2. The molecule has 0 fully saturated rings. The third-order valence-corrected chi connectivity index (χ3v) is 13.1. The number of nitrogens with zero attached hydrogens (tertiary/aromatic N) is 1. The van der Waals surface area contributed by atoms with E-state index in [0.29, 0.717) is 0 Å². The van der Waals surface area contributed by atoms with Crippen LogP contribution < -0.4 is 4.90 Å². The van der Waals surface area contributed by atoms with Gasteiger partial charge in [0.05, 0.1) is 11.1 Å². The molecule has 0 unspecified atom stereocenters. The van der Waals surface area contributed by atoms with E-state index in [9.17, 15) is 0 Å². The number of para-hydroxylation sites is 1. The van der Waals surface area contributed by atoms with Crippen molar-refractivity contribution in [3.8, 4) is 33.4 Å². The van der Waals surface area contributed by atoms with E-state index in [1.807, 2.05) is 0 Å². The summed E-state index contributed by atoms with van der Waals surface area (Å²) in [6.07, 6.45) is 0. The number of hydrogen-bond donors (Lipinski definition) is 0. The van der Waals surface area contributed by atoms with Crippen molar-refractivity contribution >= 4 is 60.5 Å². The van der Waals surface area contributed by atoms with Crippen LogP contribution in [-0.2, 0) is 5.41 Å². The molecule has 0 atom stereocenters. The van der Waals surface area contributed by atoms with Gasteiger partial charge in [-0.2, -0.15) is 0 Å². The van der Waals surface area contributed by atoms with Gasteiger partial charge in [0.25, 0.3) is 0 Å². The van der Waals surface area contributed by atoms with Gasteiger partial charge in [-0.15, -0.1) is 0 Å². The van der Waals surface area contributed by atoms with Crippen LogP contribution in [0.4, 0.5) is 17.1 Å². The second kappa shape index (κ2) is 12.2. The van der Waals surface area contributed by atoms with Crippen LogP contribution in [0.3, 0.4) is 0 Å². The maximum absolute atomic E-state index is 7.05. The minimum Gasteiger partial charge on any atom is -0.453 e. The lowest BCUT2D eigenvalue weighted by atomic mass is 9.70. The lowest BCUT2D eigenvalue weighted by Crippen LogP contribution is -2.26. The summed E-state index contributed by atoms with van der Waals surface area (Å²) in [6.45, 7) is 0. The highest BCUT2D eigenvalue weighted by molar-refractivity contribution is 6.17. The summed E-state index contributed by atoms with van der Waals surface area (Å²) >= 11 is 0. The van der Waals surface area contributed by atoms with Crippen LogP contribution in [0.25, 0.3) is 76.9 Å². The van der Waals surface area contributed by atoms with Crippen molar-refractivity contribution in [2.24, 2.45) is 0 Å². The van der Waals surface area contributed by atoms with Gasteiger partial charge in [-0.3, -0.25) is 0 Å². The molecule has 1 heterocycles. The van der Waals surface area contributed by atoms with Crippen LogP contribution >= 0.6 is 0 Å². The smallest absolute Gasteiger partial charge is 0.159 e. The SMILES string of the molecule is c1ccc2c(c1)-c1ccccc1C21c2ccccc2-c2ccc(N(c3ccc(-c4cccc5ccccc45)cc3)c3cccc4c3oc3c5ccccc5ccc43)cc21. The van der Waals surface area contributed by atoms with Crippen molar-refractivity contribution < 1.29 is 4.42 Å². The third kappa shape index (κ3) is 4.40. The molecule has 274 valence electrons. The van der Waals surface area contributed by atoms with Crippen LogP contribution in [0, 0.1) is 0 Å². The first-order chi connectivity index (χ1) is 29.3. The van der Waals surface area contributed by atoms with Gasteiger partial charge in [0.1, 0.15) is 5.58 Å². The fourth-order valence-electron chi connectivity index (χ4n) is 10.6. The molecule has 13 rings (SSSR count). The predicted molar refractivity (Wildman–Crippen MR) is 245 cm³/mol. The second-order valence-electron chi connectivity index (χ2n) is 15.9. The molecule has 0 saturated heterocycles. The van der Waals surface area contributed by atoms with Crippen molar-refractivity contribution in [2.45, 2.75) is 5.41 Å². The molecule has 0 radical (unpaired) electrons. The monoisotopic (exact) mass is 749 g/mol. The summed E-state index contributed by atoms with van der Waals surface area (Å²) < 4.78 is 7.05. The van der Waals surface area contributed by atoms with E-state index in [-0.39, 0.29) is 0 Å². The van der Waals surface area contributed by atoms with Crippen molar-refractivity contribution in [1.82, 2.24) is 0 Å². The number of benzene rings is 10. The molecule has 59 heavy (non-hydrogen) atoms. The standard InChI is InChI=1S/C57H35NO/c1-3-16-41-36(13-1)15-11-21-42(41)38-27-30-39(31-28-38)58(54-26-12-22-48-49-33-29-37-14-2-4-17-43(37)55(49)59-56(48)54)40-32-34-47-46-20-7-10-25-52(46)57(53(47)35-40)50-23-8-5-18-44(50)45-19-6-9-24-51(45)57/h1-35H. The van der Waals surface area contributed by atoms with E-state index in [0.717, 1.165) is 44.4 Å². The quantitative estimate of drug-likeness (QED) is 0.178. The molecule has 0 N–H and O–H groups in total. The summed E-state index contributed by atoms with van der Waals surface area (Å²) in [6, 6.07) is 78.0. The first-order valence-corrected chi connectivity index (χ1v) is 20.4. The Labute approximate surface area is 341 Å². The van der Waals surface area contributed by atoms with Crippen LogP contribution in [0.15, 0.2) is 217 Å². The fraction of sp³-hybridized carbons (Fsp3) is 0.0175. The predicted octanol–water partition coefficient (Wildman–Crippen LogP) is 15.4. The zero-order chi connectivity index (χ0) is 38.7. The Morgan fingerprint density at radius 2 is 0.831 bits per heavy atom. The average molecular weight is 750 g/mol. The molecule has 0 amide bonds. The summed E-state index contributed by atoms with van der Waals surface area (Å²) in [4.78, 5) is 2.41. The first kappa shape index (κ1) is 32.4. The Bertz CT molecular complexity index is 3450. The van der Waals surface area contributed by atoms with Gasteiger partial charge in [0.2, 0.25) is 0 Å². The molecular weight excluding hydrogens is 715 g/mol. The van der Waals surface area contributed by atoms with Gasteiger partial charge in [-0.25, -0.2) is 0 Å². The molecule has 10 aromatic carbocycles. The highest BCUT2D eigenvalue weighted by Crippen LogP contribution is 2.63. The van der Waals surface area contributed by atoms with Crippen LogP contribution in [0.1, 0.15) is 22.3 Å². The maximum atomic E-state index is 7.05. The summed E-state index contributed by atoms with van der Waals surface area (Å²) in [5.41, 5.74) is 17.3. The molecule has 2 aliphatic rings. The van der Waals surface area contributed by atoms with Gasteiger partial charge in [-0.1, -0.05) is 176 Å². The fourth-order valence-corrected chi connectivity index (χ4v) is 10.6. The molecular formula is C57H35NO. The number of fused-ring (bicyclic) bond motifs is 16. The van der Waals surface area contributed by atoms with Gasteiger partial charge < -0.3 is 9.32 Å².